The molecule has 0 unspecified atom stereocenters. The van der Waals surface area contributed by atoms with Gasteiger partial charge < -0.3 is 14.4 Å². The molecule has 0 bridgehead atoms. The molecule has 2 aromatic carbocycles. The highest BCUT2D eigenvalue weighted by Gasteiger charge is 2.41. The van der Waals surface area contributed by atoms with E-state index in [1.165, 1.54) is 0 Å². The van der Waals surface area contributed by atoms with Gasteiger partial charge in [0.2, 0.25) is 0 Å². The lowest BCUT2D eigenvalue weighted by atomic mass is 9.95. The summed E-state index contributed by atoms with van der Waals surface area (Å²) in [5.41, 5.74) is 0. The lowest BCUT2D eigenvalue weighted by molar-refractivity contribution is -0.134. The van der Waals surface area contributed by atoms with Gasteiger partial charge in [0.25, 0.3) is 5.91 Å². The molecule has 0 radical (unpaired) electrons. The van der Waals surface area contributed by atoms with Gasteiger partial charge in [0.15, 0.2) is 6.61 Å². The molecule has 2 aliphatic rings. The van der Waals surface area contributed by atoms with E-state index in [9.17, 15) is 9.59 Å². The number of hydrogen-bond donors (Lipinski definition) is 0. The van der Waals surface area contributed by atoms with Crippen LogP contribution in [0.1, 0.15) is 33.1 Å². The van der Waals surface area contributed by atoms with Crippen molar-refractivity contribution in [3.8, 4) is 5.75 Å². The maximum absolute atomic E-state index is 12.7. The summed E-state index contributed by atoms with van der Waals surface area (Å²) in [5.74, 6) is 1.13. The molecule has 0 N–H and O–H groups in total. The van der Waals surface area contributed by atoms with E-state index in [4.69, 9.17) is 9.47 Å². The van der Waals surface area contributed by atoms with Gasteiger partial charge >= 0.3 is 6.09 Å². The predicted octanol–water partition coefficient (Wildman–Crippen LogP) is 4.08. The van der Waals surface area contributed by atoms with Gasteiger partial charge in [-0.25, -0.2) is 4.79 Å². The number of rotatable bonds is 6. The molecule has 0 saturated carbocycles. The fourth-order valence-corrected chi connectivity index (χ4v) is 4.52. The zero-order chi connectivity index (χ0) is 21.1. The molecule has 6 nitrogen and oxygen atoms in total. The van der Waals surface area contributed by atoms with Gasteiger partial charge in [0.05, 0.1) is 6.04 Å². The van der Waals surface area contributed by atoms with E-state index in [2.05, 4.69) is 13.8 Å². The van der Waals surface area contributed by atoms with Crippen molar-refractivity contribution < 1.29 is 19.1 Å². The van der Waals surface area contributed by atoms with Crippen molar-refractivity contribution in [2.24, 2.45) is 5.92 Å². The minimum absolute atomic E-state index is 0.0103. The van der Waals surface area contributed by atoms with E-state index in [0.717, 1.165) is 35.8 Å². The second kappa shape index (κ2) is 8.94. The Hall–Kier alpha value is -2.76. The second-order valence-corrected chi connectivity index (χ2v) is 8.31. The number of amides is 2. The summed E-state index contributed by atoms with van der Waals surface area (Å²) in [7, 11) is 0. The minimum atomic E-state index is -0.204. The average Bonchev–Trinajstić information content (AvgIpc) is 3.18. The number of fused-ring (bicyclic) bond motifs is 1. The van der Waals surface area contributed by atoms with Crippen LogP contribution in [0.5, 0.6) is 5.75 Å². The summed E-state index contributed by atoms with van der Waals surface area (Å²) in [6, 6.07) is 14.2. The van der Waals surface area contributed by atoms with Gasteiger partial charge in [-0.3, -0.25) is 9.69 Å². The van der Waals surface area contributed by atoms with Crippen LogP contribution in [-0.2, 0) is 9.53 Å². The minimum Gasteiger partial charge on any atom is -0.483 e. The fourth-order valence-electron chi connectivity index (χ4n) is 4.52. The first-order chi connectivity index (χ1) is 14.6. The van der Waals surface area contributed by atoms with Crippen LogP contribution in [0.2, 0.25) is 0 Å². The number of carbonyl (C=O) groups excluding carboxylic acids is 2. The smallest absolute Gasteiger partial charge is 0.410 e. The molecule has 0 aliphatic carbocycles. The van der Waals surface area contributed by atoms with Crippen LogP contribution in [0.3, 0.4) is 0 Å². The molecule has 6 heteroatoms. The SMILES string of the molecule is CC[C@H](C)[C@@H]1COC(=O)N1C1CCN(C(=O)COc2cccc3ccccc23)CC1. The summed E-state index contributed by atoms with van der Waals surface area (Å²) >= 11 is 0. The number of likely N-dealkylation sites (tertiary alicyclic amines) is 1. The number of ether oxygens (including phenoxy) is 2. The van der Waals surface area contributed by atoms with E-state index in [0.29, 0.717) is 25.6 Å². The van der Waals surface area contributed by atoms with Gasteiger partial charge in [-0.15, -0.1) is 0 Å². The average molecular weight is 411 g/mol. The number of piperidine rings is 1. The van der Waals surface area contributed by atoms with Crippen molar-refractivity contribution in [3.05, 3.63) is 42.5 Å². The molecule has 2 fully saturated rings. The molecule has 2 atom stereocenters. The third-order valence-electron chi connectivity index (χ3n) is 6.56. The predicted molar refractivity (Wildman–Crippen MR) is 115 cm³/mol. The number of hydrogen-bond acceptors (Lipinski definition) is 4. The Morgan fingerprint density at radius 2 is 1.90 bits per heavy atom. The number of carbonyl (C=O) groups is 2. The highest BCUT2D eigenvalue weighted by molar-refractivity contribution is 5.88. The van der Waals surface area contributed by atoms with E-state index in [1.54, 1.807) is 0 Å². The van der Waals surface area contributed by atoms with Crippen molar-refractivity contribution in [1.29, 1.82) is 0 Å². The van der Waals surface area contributed by atoms with Crippen molar-refractivity contribution in [1.82, 2.24) is 9.80 Å². The number of nitrogens with zero attached hydrogens (tertiary/aromatic N) is 2. The molecular formula is C24H30N2O4. The zero-order valence-corrected chi connectivity index (χ0v) is 17.8. The molecule has 2 heterocycles. The van der Waals surface area contributed by atoms with Crippen molar-refractivity contribution in [3.63, 3.8) is 0 Å². The molecule has 2 amide bonds. The molecule has 4 rings (SSSR count). The zero-order valence-electron chi connectivity index (χ0n) is 17.8. The van der Waals surface area contributed by atoms with E-state index in [1.807, 2.05) is 52.3 Å². The molecule has 0 aromatic heterocycles. The highest BCUT2D eigenvalue weighted by Crippen LogP contribution is 2.29. The molecule has 160 valence electrons. The van der Waals surface area contributed by atoms with Crippen LogP contribution >= 0.6 is 0 Å². The van der Waals surface area contributed by atoms with E-state index >= 15 is 0 Å². The molecule has 2 aliphatic heterocycles. The van der Waals surface area contributed by atoms with Crippen LogP contribution in [-0.4, -0.2) is 60.2 Å². The first kappa shape index (κ1) is 20.5. The summed E-state index contributed by atoms with van der Waals surface area (Å²) < 4.78 is 11.2. The Bertz CT molecular complexity index is 902. The third-order valence-corrected chi connectivity index (χ3v) is 6.56. The first-order valence-electron chi connectivity index (χ1n) is 10.9. The Labute approximate surface area is 177 Å². The summed E-state index contributed by atoms with van der Waals surface area (Å²) in [5, 5.41) is 2.10. The Kier molecular flexibility index (Phi) is 6.11. The normalized spacial score (nSPS) is 21.0. The van der Waals surface area contributed by atoms with Crippen LogP contribution in [0.15, 0.2) is 42.5 Å². The van der Waals surface area contributed by atoms with Gasteiger partial charge in [0.1, 0.15) is 12.4 Å². The molecule has 30 heavy (non-hydrogen) atoms. The number of benzene rings is 2. The van der Waals surface area contributed by atoms with Crippen LogP contribution < -0.4 is 4.74 Å². The molecule has 2 saturated heterocycles. The van der Waals surface area contributed by atoms with E-state index in [-0.39, 0.29) is 30.7 Å². The van der Waals surface area contributed by atoms with Crippen molar-refractivity contribution >= 4 is 22.8 Å². The molecular weight excluding hydrogens is 380 g/mol. The maximum atomic E-state index is 12.7. The Morgan fingerprint density at radius 1 is 1.17 bits per heavy atom. The van der Waals surface area contributed by atoms with Gasteiger partial charge in [-0.2, -0.15) is 0 Å². The Morgan fingerprint density at radius 3 is 2.67 bits per heavy atom. The number of cyclic esters (lactones) is 1. The first-order valence-corrected chi connectivity index (χ1v) is 10.9. The van der Waals surface area contributed by atoms with Crippen molar-refractivity contribution in [2.75, 3.05) is 26.3 Å². The maximum Gasteiger partial charge on any atom is 0.410 e. The quantitative estimate of drug-likeness (QED) is 0.720. The second-order valence-electron chi connectivity index (χ2n) is 8.31. The molecule has 2 aromatic rings. The molecule has 0 spiro atoms. The third kappa shape index (κ3) is 4.09. The van der Waals surface area contributed by atoms with Gasteiger partial charge in [-0.1, -0.05) is 56.7 Å². The summed E-state index contributed by atoms with van der Waals surface area (Å²) in [4.78, 5) is 28.8. The monoisotopic (exact) mass is 410 g/mol. The summed E-state index contributed by atoms with van der Waals surface area (Å²) in [6.07, 6.45) is 2.37. The van der Waals surface area contributed by atoms with Gasteiger partial charge in [0, 0.05) is 24.5 Å². The van der Waals surface area contributed by atoms with Crippen LogP contribution in [0.25, 0.3) is 10.8 Å². The largest absolute Gasteiger partial charge is 0.483 e. The summed E-state index contributed by atoms with van der Waals surface area (Å²) in [6.45, 7) is 6.09. The standard InChI is InChI=1S/C24H30N2O4/c1-3-17(2)21-15-30-24(28)26(21)19-11-13-25(14-12-19)23(27)16-29-22-10-6-8-18-7-4-5-9-20(18)22/h4-10,17,19,21H,3,11-16H2,1-2H3/t17-,21-/m0/s1. The van der Waals surface area contributed by atoms with E-state index < -0.39 is 0 Å². The highest BCUT2D eigenvalue weighted by atomic mass is 16.6. The topological polar surface area (TPSA) is 59.1 Å². The van der Waals surface area contributed by atoms with Crippen LogP contribution in [0, 0.1) is 5.92 Å². The fraction of sp³-hybridized carbons (Fsp3) is 0.500. The van der Waals surface area contributed by atoms with Crippen molar-refractivity contribution in [2.45, 2.75) is 45.2 Å². The Balaban J connectivity index is 1.33. The van der Waals surface area contributed by atoms with Gasteiger partial charge in [-0.05, 0) is 30.2 Å². The lowest BCUT2D eigenvalue weighted by Crippen LogP contribution is -2.51. The lowest BCUT2D eigenvalue weighted by Gasteiger charge is -2.39. The van der Waals surface area contributed by atoms with Crippen LogP contribution in [0.4, 0.5) is 4.79 Å².